The third kappa shape index (κ3) is 4.45. The number of carbonyl (C=O) groups is 3. The van der Waals surface area contributed by atoms with Gasteiger partial charge in [-0.25, -0.2) is 0 Å². The van der Waals surface area contributed by atoms with Crippen LogP contribution in [0.5, 0.6) is 0 Å². The predicted octanol–water partition coefficient (Wildman–Crippen LogP) is 1.87. The number of benzene rings is 1. The quantitative estimate of drug-likeness (QED) is 0.814. The number of amides is 3. The summed E-state index contributed by atoms with van der Waals surface area (Å²) in [7, 11) is 0. The van der Waals surface area contributed by atoms with Gasteiger partial charge in [-0.2, -0.15) is 0 Å². The zero-order chi connectivity index (χ0) is 20.2. The van der Waals surface area contributed by atoms with Crippen LogP contribution in [0.25, 0.3) is 0 Å². The van der Waals surface area contributed by atoms with Gasteiger partial charge in [-0.1, -0.05) is 18.2 Å². The molecule has 0 saturated carbocycles. The van der Waals surface area contributed by atoms with Crippen molar-refractivity contribution in [1.82, 2.24) is 15.2 Å². The number of nitrogens with one attached hydrogen (secondary N) is 1. The lowest BCUT2D eigenvalue weighted by Gasteiger charge is -2.17. The van der Waals surface area contributed by atoms with Crippen molar-refractivity contribution in [3.05, 3.63) is 59.9 Å². The molecule has 2 fully saturated rings. The summed E-state index contributed by atoms with van der Waals surface area (Å²) in [6.07, 6.45) is 3.43. The van der Waals surface area contributed by atoms with E-state index in [0.717, 1.165) is 29.9 Å². The van der Waals surface area contributed by atoms with E-state index in [9.17, 15) is 14.4 Å². The van der Waals surface area contributed by atoms with Gasteiger partial charge >= 0.3 is 0 Å². The zero-order valence-corrected chi connectivity index (χ0v) is 16.2. The summed E-state index contributed by atoms with van der Waals surface area (Å²) in [6, 6.07) is 13.3. The maximum atomic E-state index is 12.5. The van der Waals surface area contributed by atoms with E-state index in [1.807, 2.05) is 42.5 Å². The summed E-state index contributed by atoms with van der Waals surface area (Å²) in [5.74, 6) is -0.309. The lowest BCUT2D eigenvalue weighted by atomic mass is 10.1. The van der Waals surface area contributed by atoms with E-state index in [1.165, 1.54) is 0 Å². The number of anilines is 1. The predicted molar refractivity (Wildman–Crippen MR) is 108 cm³/mol. The molecule has 1 unspecified atom stereocenters. The molecule has 150 valence electrons. The standard InChI is InChI=1S/C22H24N4O3/c27-20-5-3-11-26(20)19-8-6-16(7-9-19)13-24-22(29)17-12-21(28)25(14-17)15-18-4-1-2-10-23-18/h1-2,4,6-10,17H,3,5,11-15H2,(H,24,29). The van der Waals surface area contributed by atoms with Crippen LogP contribution in [0.4, 0.5) is 5.69 Å². The molecule has 1 aromatic heterocycles. The topological polar surface area (TPSA) is 82.6 Å². The Morgan fingerprint density at radius 1 is 1.10 bits per heavy atom. The van der Waals surface area contributed by atoms with Gasteiger partial charge in [0.1, 0.15) is 0 Å². The van der Waals surface area contributed by atoms with E-state index in [-0.39, 0.29) is 30.1 Å². The highest BCUT2D eigenvalue weighted by atomic mass is 16.2. The monoisotopic (exact) mass is 392 g/mol. The van der Waals surface area contributed by atoms with Gasteiger partial charge in [0.05, 0.1) is 18.2 Å². The van der Waals surface area contributed by atoms with Crippen LogP contribution in [0.3, 0.4) is 0 Å². The Morgan fingerprint density at radius 2 is 1.93 bits per heavy atom. The molecule has 1 N–H and O–H groups in total. The second-order valence-electron chi connectivity index (χ2n) is 7.53. The van der Waals surface area contributed by atoms with Gasteiger partial charge in [-0.15, -0.1) is 0 Å². The molecular formula is C22H24N4O3. The SMILES string of the molecule is O=C(NCc1ccc(N2CCCC2=O)cc1)C1CC(=O)N(Cc2ccccn2)C1. The fraction of sp³-hybridized carbons (Fsp3) is 0.364. The van der Waals surface area contributed by atoms with Crippen molar-refractivity contribution >= 4 is 23.4 Å². The van der Waals surface area contributed by atoms with Gasteiger partial charge < -0.3 is 15.1 Å². The third-order valence-electron chi connectivity index (χ3n) is 5.45. The fourth-order valence-corrected chi connectivity index (χ4v) is 3.84. The van der Waals surface area contributed by atoms with Crippen molar-refractivity contribution < 1.29 is 14.4 Å². The second kappa shape index (κ2) is 8.43. The Labute approximate surface area is 169 Å². The molecule has 4 rings (SSSR count). The minimum Gasteiger partial charge on any atom is -0.352 e. The van der Waals surface area contributed by atoms with E-state index < -0.39 is 0 Å². The summed E-state index contributed by atoms with van der Waals surface area (Å²) >= 11 is 0. The summed E-state index contributed by atoms with van der Waals surface area (Å²) < 4.78 is 0. The normalized spacial score (nSPS) is 19.1. The third-order valence-corrected chi connectivity index (χ3v) is 5.45. The Morgan fingerprint density at radius 3 is 2.62 bits per heavy atom. The van der Waals surface area contributed by atoms with E-state index >= 15 is 0 Å². The number of rotatable bonds is 6. The van der Waals surface area contributed by atoms with Gasteiger partial charge in [0.25, 0.3) is 0 Å². The van der Waals surface area contributed by atoms with Crippen molar-refractivity contribution in [2.45, 2.75) is 32.4 Å². The largest absolute Gasteiger partial charge is 0.352 e. The molecule has 1 aromatic carbocycles. The summed E-state index contributed by atoms with van der Waals surface area (Å²) in [5, 5.41) is 2.93. The molecule has 7 nitrogen and oxygen atoms in total. The van der Waals surface area contributed by atoms with Gasteiger partial charge in [0, 0.05) is 44.4 Å². The van der Waals surface area contributed by atoms with Crippen LogP contribution in [0.15, 0.2) is 48.7 Å². The van der Waals surface area contributed by atoms with E-state index in [4.69, 9.17) is 0 Å². The number of hydrogen-bond donors (Lipinski definition) is 1. The molecule has 2 aliphatic rings. The number of hydrogen-bond acceptors (Lipinski definition) is 4. The van der Waals surface area contributed by atoms with Gasteiger partial charge in [-0.3, -0.25) is 19.4 Å². The molecule has 7 heteroatoms. The first-order valence-electron chi connectivity index (χ1n) is 9.95. The van der Waals surface area contributed by atoms with Crippen molar-refractivity contribution in [1.29, 1.82) is 0 Å². The molecule has 3 amide bonds. The maximum absolute atomic E-state index is 12.5. The maximum Gasteiger partial charge on any atom is 0.227 e. The van der Waals surface area contributed by atoms with Crippen LogP contribution in [-0.2, 0) is 27.5 Å². The number of nitrogens with zero attached hydrogens (tertiary/aromatic N) is 3. The van der Waals surface area contributed by atoms with E-state index in [0.29, 0.717) is 26.1 Å². The van der Waals surface area contributed by atoms with Gasteiger partial charge in [0.15, 0.2) is 0 Å². The molecule has 2 aliphatic heterocycles. The van der Waals surface area contributed by atoms with Crippen LogP contribution in [0, 0.1) is 5.92 Å². The van der Waals surface area contributed by atoms with Crippen LogP contribution < -0.4 is 10.2 Å². The Kier molecular flexibility index (Phi) is 5.55. The van der Waals surface area contributed by atoms with Crippen molar-refractivity contribution in [2.75, 3.05) is 18.0 Å². The zero-order valence-electron chi connectivity index (χ0n) is 16.2. The Balaban J connectivity index is 1.28. The summed E-state index contributed by atoms with van der Waals surface area (Å²) in [6.45, 7) is 2.01. The highest BCUT2D eigenvalue weighted by Crippen LogP contribution is 2.22. The van der Waals surface area contributed by atoms with Crippen molar-refractivity contribution in [3.63, 3.8) is 0 Å². The second-order valence-corrected chi connectivity index (χ2v) is 7.53. The molecule has 1 atom stereocenters. The highest BCUT2D eigenvalue weighted by Gasteiger charge is 2.34. The number of aromatic nitrogens is 1. The average Bonchev–Trinajstić information content (AvgIpc) is 3.33. The molecule has 3 heterocycles. The first kappa shape index (κ1) is 19.1. The van der Waals surface area contributed by atoms with Crippen molar-refractivity contribution in [2.24, 2.45) is 5.92 Å². The molecule has 0 radical (unpaired) electrons. The first-order valence-corrected chi connectivity index (χ1v) is 9.95. The number of carbonyl (C=O) groups excluding carboxylic acids is 3. The molecular weight excluding hydrogens is 368 g/mol. The van der Waals surface area contributed by atoms with Crippen molar-refractivity contribution in [3.8, 4) is 0 Å². The molecule has 0 spiro atoms. The summed E-state index contributed by atoms with van der Waals surface area (Å²) in [5.41, 5.74) is 2.68. The van der Waals surface area contributed by atoms with E-state index in [1.54, 1.807) is 16.0 Å². The Hall–Kier alpha value is -3.22. The van der Waals surface area contributed by atoms with Gasteiger partial charge in [-0.05, 0) is 36.2 Å². The van der Waals surface area contributed by atoms with Crippen LogP contribution in [0.1, 0.15) is 30.5 Å². The summed E-state index contributed by atoms with van der Waals surface area (Å²) in [4.78, 5) is 44.3. The van der Waals surface area contributed by atoms with Crippen LogP contribution >= 0.6 is 0 Å². The van der Waals surface area contributed by atoms with Crippen LogP contribution in [0.2, 0.25) is 0 Å². The lowest BCUT2D eigenvalue weighted by Crippen LogP contribution is -2.32. The average molecular weight is 392 g/mol. The smallest absolute Gasteiger partial charge is 0.227 e. The van der Waals surface area contributed by atoms with Gasteiger partial charge in [0.2, 0.25) is 17.7 Å². The molecule has 2 saturated heterocycles. The van der Waals surface area contributed by atoms with E-state index in [2.05, 4.69) is 10.3 Å². The number of pyridine rings is 1. The Bertz CT molecular complexity index is 898. The molecule has 29 heavy (non-hydrogen) atoms. The van der Waals surface area contributed by atoms with Crippen LogP contribution in [-0.4, -0.2) is 40.7 Å². The number of likely N-dealkylation sites (tertiary alicyclic amines) is 1. The molecule has 0 bridgehead atoms. The highest BCUT2D eigenvalue weighted by molar-refractivity contribution is 5.95. The minimum atomic E-state index is -0.340. The molecule has 0 aliphatic carbocycles. The molecule has 2 aromatic rings. The first-order chi connectivity index (χ1) is 14.1. The lowest BCUT2D eigenvalue weighted by molar-refractivity contribution is -0.129. The minimum absolute atomic E-state index is 0.0181. The fourth-order valence-electron chi connectivity index (χ4n) is 3.84.